The topological polar surface area (TPSA) is 72.1 Å². The van der Waals surface area contributed by atoms with Gasteiger partial charge in [-0.25, -0.2) is 0 Å². The second-order valence-electron chi connectivity index (χ2n) is 6.25. The normalized spacial score (nSPS) is 14.3. The van der Waals surface area contributed by atoms with Gasteiger partial charge in [-0.3, -0.25) is 4.79 Å². The van der Waals surface area contributed by atoms with Crippen molar-refractivity contribution in [3.8, 4) is 0 Å². The minimum atomic E-state index is -0.198. The van der Waals surface area contributed by atoms with Gasteiger partial charge in [0.2, 0.25) is 0 Å². The lowest BCUT2D eigenvalue weighted by molar-refractivity contribution is 0.0991. The SMILES string of the molecule is CC(C)(C)c1nnsc1C(=O)N1CCc2c(N)cccc21. The van der Waals surface area contributed by atoms with Gasteiger partial charge < -0.3 is 10.6 Å². The molecule has 21 heavy (non-hydrogen) atoms. The number of rotatable bonds is 1. The molecule has 1 amide bonds. The van der Waals surface area contributed by atoms with E-state index in [1.807, 2.05) is 39.0 Å². The lowest BCUT2D eigenvalue weighted by Gasteiger charge is -2.20. The molecule has 1 aliphatic rings. The molecule has 2 heterocycles. The van der Waals surface area contributed by atoms with Crippen LogP contribution in [0.2, 0.25) is 0 Å². The number of anilines is 2. The summed E-state index contributed by atoms with van der Waals surface area (Å²) in [6.45, 7) is 6.77. The Hall–Kier alpha value is -1.95. The molecule has 110 valence electrons. The van der Waals surface area contributed by atoms with E-state index >= 15 is 0 Å². The highest BCUT2D eigenvalue weighted by atomic mass is 32.1. The lowest BCUT2D eigenvalue weighted by Crippen LogP contribution is -2.30. The van der Waals surface area contributed by atoms with Crippen molar-refractivity contribution in [1.82, 2.24) is 9.59 Å². The number of hydrogen-bond donors (Lipinski definition) is 1. The van der Waals surface area contributed by atoms with E-state index in [1.54, 1.807) is 4.90 Å². The van der Waals surface area contributed by atoms with Crippen LogP contribution in [0, 0.1) is 0 Å². The summed E-state index contributed by atoms with van der Waals surface area (Å²) in [7, 11) is 0. The van der Waals surface area contributed by atoms with Crippen molar-refractivity contribution in [2.75, 3.05) is 17.2 Å². The maximum absolute atomic E-state index is 12.9. The van der Waals surface area contributed by atoms with Crippen molar-refractivity contribution in [2.45, 2.75) is 32.6 Å². The number of carbonyl (C=O) groups is 1. The summed E-state index contributed by atoms with van der Waals surface area (Å²) in [5, 5.41) is 4.15. The second kappa shape index (κ2) is 4.80. The Morgan fingerprint density at radius 2 is 2.14 bits per heavy atom. The molecule has 0 saturated carbocycles. The molecule has 0 fully saturated rings. The maximum atomic E-state index is 12.9. The third-order valence-corrected chi connectivity index (χ3v) is 4.42. The van der Waals surface area contributed by atoms with Gasteiger partial charge >= 0.3 is 0 Å². The van der Waals surface area contributed by atoms with Crippen LogP contribution in [0.1, 0.15) is 41.7 Å². The fourth-order valence-corrected chi connectivity index (χ4v) is 3.44. The zero-order chi connectivity index (χ0) is 15.2. The first-order valence-corrected chi connectivity index (χ1v) is 7.69. The third kappa shape index (κ3) is 2.29. The molecule has 2 aromatic rings. The predicted octanol–water partition coefficient (Wildman–Crippen LogP) is 2.62. The Bertz CT molecular complexity index is 702. The van der Waals surface area contributed by atoms with E-state index in [0.717, 1.165) is 29.1 Å². The fraction of sp³-hybridized carbons (Fsp3) is 0.400. The van der Waals surface area contributed by atoms with Crippen molar-refractivity contribution in [1.29, 1.82) is 0 Å². The van der Waals surface area contributed by atoms with Crippen molar-refractivity contribution < 1.29 is 4.79 Å². The fourth-order valence-electron chi connectivity index (χ4n) is 2.62. The molecular weight excluding hydrogens is 284 g/mol. The maximum Gasteiger partial charge on any atom is 0.271 e. The Morgan fingerprint density at radius 3 is 2.86 bits per heavy atom. The van der Waals surface area contributed by atoms with Gasteiger partial charge in [0.05, 0.1) is 5.69 Å². The molecule has 1 aromatic carbocycles. The van der Waals surface area contributed by atoms with Crippen molar-refractivity contribution in [3.63, 3.8) is 0 Å². The van der Waals surface area contributed by atoms with Crippen molar-refractivity contribution in [3.05, 3.63) is 34.3 Å². The summed E-state index contributed by atoms with van der Waals surface area (Å²) in [6, 6.07) is 5.71. The molecule has 0 atom stereocenters. The van der Waals surface area contributed by atoms with Crippen LogP contribution in [0.3, 0.4) is 0 Å². The second-order valence-corrected chi connectivity index (χ2v) is 7.01. The van der Waals surface area contributed by atoms with E-state index in [1.165, 1.54) is 11.5 Å². The van der Waals surface area contributed by atoms with E-state index in [-0.39, 0.29) is 11.3 Å². The number of amides is 1. The molecule has 0 unspecified atom stereocenters. The highest BCUT2D eigenvalue weighted by Gasteiger charge is 2.32. The van der Waals surface area contributed by atoms with Crippen LogP contribution < -0.4 is 10.6 Å². The summed E-state index contributed by atoms with van der Waals surface area (Å²) < 4.78 is 3.97. The highest BCUT2D eigenvalue weighted by Crippen LogP contribution is 2.35. The quantitative estimate of drug-likeness (QED) is 0.822. The number of fused-ring (bicyclic) bond motifs is 1. The average Bonchev–Trinajstić information content (AvgIpc) is 3.05. The van der Waals surface area contributed by atoms with E-state index in [2.05, 4.69) is 9.59 Å². The molecule has 1 aromatic heterocycles. The van der Waals surface area contributed by atoms with Gasteiger partial charge in [-0.15, -0.1) is 5.10 Å². The summed E-state index contributed by atoms with van der Waals surface area (Å²) in [6.07, 6.45) is 0.796. The largest absolute Gasteiger partial charge is 0.398 e. The summed E-state index contributed by atoms with van der Waals surface area (Å²) in [4.78, 5) is 15.3. The first-order chi connectivity index (χ1) is 9.89. The molecule has 3 rings (SSSR count). The molecule has 1 aliphatic heterocycles. The van der Waals surface area contributed by atoms with E-state index in [9.17, 15) is 4.79 Å². The van der Waals surface area contributed by atoms with Gasteiger partial charge in [-0.1, -0.05) is 31.3 Å². The van der Waals surface area contributed by atoms with Crippen LogP contribution in [-0.2, 0) is 11.8 Å². The van der Waals surface area contributed by atoms with Crippen LogP contribution in [-0.4, -0.2) is 22.0 Å². The number of nitrogen functional groups attached to an aromatic ring is 1. The predicted molar refractivity (Wildman–Crippen MR) is 84.8 cm³/mol. The van der Waals surface area contributed by atoms with Gasteiger partial charge in [0.25, 0.3) is 5.91 Å². The smallest absolute Gasteiger partial charge is 0.271 e. The van der Waals surface area contributed by atoms with Crippen molar-refractivity contribution in [2.24, 2.45) is 0 Å². The number of nitrogens with zero attached hydrogens (tertiary/aromatic N) is 3. The minimum Gasteiger partial charge on any atom is -0.398 e. The molecule has 0 saturated heterocycles. The van der Waals surface area contributed by atoms with E-state index in [0.29, 0.717) is 11.4 Å². The van der Waals surface area contributed by atoms with E-state index < -0.39 is 0 Å². The van der Waals surface area contributed by atoms with Crippen LogP contribution in [0.25, 0.3) is 0 Å². The minimum absolute atomic E-state index is 0.0284. The zero-order valence-corrected chi connectivity index (χ0v) is 13.2. The van der Waals surface area contributed by atoms with E-state index in [4.69, 9.17) is 5.73 Å². The number of benzene rings is 1. The molecule has 0 bridgehead atoms. The standard InChI is InChI=1S/C15H18N4OS/c1-15(2,3)13-12(21-18-17-13)14(20)19-8-7-9-10(16)5-4-6-11(9)19/h4-6H,7-8,16H2,1-3H3. The molecule has 0 spiro atoms. The Kier molecular flexibility index (Phi) is 3.20. The highest BCUT2D eigenvalue weighted by molar-refractivity contribution is 7.08. The van der Waals surface area contributed by atoms with Crippen LogP contribution in [0.5, 0.6) is 0 Å². The Labute approximate surface area is 127 Å². The van der Waals surface area contributed by atoms with Gasteiger partial charge in [0.15, 0.2) is 0 Å². The molecule has 2 N–H and O–H groups in total. The number of carbonyl (C=O) groups excluding carboxylic acids is 1. The molecule has 5 nitrogen and oxygen atoms in total. The van der Waals surface area contributed by atoms with Gasteiger partial charge in [-0.05, 0) is 30.1 Å². The van der Waals surface area contributed by atoms with Gasteiger partial charge in [-0.2, -0.15) is 0 Å². The zero-order valence-electron chi connectivity index (χ0n) is 12.4. The lowest BCUT2D eigenvalue weighted by atomic mass is 9.91. The number of aromatic nitrogens is 2. The number of nitrogens with two attached hydrogens (primary N) is 1. The van der Waals surface area contributed by atoms with Gasteiger partial charge in [0, 0.05) is 28.9 Å². The summed E-state index contributed by atoms with van der Waals surface area (Å²) >= 11 is 1.17. The monoisotopic (exact) mass is 302 g/mol. The molecular formula is C15H18N4OS. The average molecular weight is 302 g/mol. The first-order valence-electron chi connectivity index (χ1n) is 6.91. The van der Waals surface area contributed by atoms with Crippen LogP contribution in [0.4, 0.5) is 11.4 Å². The molecule has 0 aliphatic carbocycles. The summed E-state index contributed by atoms with van der Waals surface area (Å²) in [5.74, 6) is -0.0284. The van der Waals surface area contributed by atoms with Gasteiger partial charge in [0.1, 0.15) is 4.88 Å². The molecule has 0 radical (unpaired) electrons. The summed E-state index contributed by atoms with van der Waals surface area (Å²) in [5.41, 5.74) is 9.27. The first kappa shape index (κ1) is 14.0. The number of hydrogen-bond acceptors (Lipinski definition) is 5. The van der Waals surface area contributed by atoms with Crippen molar-refractivity contribution >= 4 is 28.8 Å². The Balaban J connectivity index is 2.00. The Morgan fingerprint density at radius 1 is 1.38 bits per heavy atom. The third-order valence-electron chi connectivity index (χ3n) is 3.70. The van der Waals surface area contributed by atoms with Crippen LogP contribution in [0.15, 0.2) is 18.2 Å². The molecule has 6 heteroatoms. The van der Waals surface area contributed by atoms with Crippen LogP contribution >= 0.6 is 11.5 Å².